The Morgan fingerprint density at radius 1 is 1.00 bits per heavy atom. The highest BCUT2D eigenvalue weighted by Gasteiger charge is 2.32. The molecule has 0 aliphatic heterocycles. The first kappa shape index (κ1) is 20.1. The molecule has 0 aromatic heterocycles. The van der Waals surface area contributed by atoms with Crippen molar-refractivity contribution < 1.29 is 9.18 Å². The van der Waals surface area contributed by atoms with Crippen molar-refractivity contribution in [3.05, 3.63) is 71.5 Å². The maximum atomic E-state index is 13.0. The number of rotatable bonds is 5. The molecule has 0 saturated heterocycles. The minimum Gasteiger partial charge on any atom is -0.353 e. The van der Waals surface area contributed by atoms with Gasteiger partial charge in [-0.3, -0.25) is 4.79 Å². The zero-order valence-electron chi connectivity index (χ0n) is 14.2. The lowest BCUT2D eigenvalue weighted by atomic mass is 9.84. The van der Waals surface area contributed by atoms with Crippen molar-refractivity contribution in [2.24, 2.45) is 5.73 Å². The van der Waals surface area contributed by atoms with Gasteiger partial charge in [0, 0.05) is 12.0 Å². The highest BCUT2D eigenvalue weighted by Crippen LogP contribution is 2.23. The third kappa shape index (κ3) is 4.56. The van der Waals surface area contributed by atoms with Gasteiger partial charge < -0.3 is 11.1 Å². The van der Waals surface area contributed by atoms with E-state index in [-0.39, 0.29) is 29.5 Å². The number of hydrogen-bond acceptors (Lipinski definition) is 2. The standard InChI is InChI=1S/C19H23FN2O.ClH/c1-18(2,14-9-11-16(20)12-10-14)13-22-17(23)19(3,21)15-7-5-4-6-8-15;/h4-12H,13,21H2,1-3H3,(H,22,23);1H. The summed E-state index contributed by atoms with van der Waals surface area (Å²) in [5, 5.41) is 2.92. The van der Waals surface area contributed by atoms with Crippen molar-refractivity contribution >= 4 is 18.3 Å². The second-order valence-corrected chi connectivity index (χ2v) is 6.64. The van der Waals surface area contributed by atoms with Crippen molar-refractivity contribution in [3.63, 3.8) is 0 Å². The monoisotopic (exact) mass is 350 g/mol. The van der Waals surface area contributed by atoms with Gasteiger partial charge in [0.05, 0.1) is 0 Å². The summed E-state index contributed by atoms with van der Waals surface area (Å²) >= 11 is 0. The average molecular weight is 351 g/mol. The molecule has 0 heterocycles. The third-order valence-electron chi connectivity index (χ3n) is 4.16. The molecule has 0 radical (unpaired) electrons. The van der Waals surface area contributed by atoms with Gasteiger partial charge in [0.1, 0.15) is 11.4 Å². The van der Waals surface area contributed by atoms with Crippen molar-refractivity contribution in [3.8, 4) is 0 Å². The first-order valence-corrected chi connectivity index (χ1v) is 7.62. The van der Waals surface area contributed by atoms with Crippen LogP contribution >= 0.6 is 12.4 Å². The van der Waals surface area contributed by atoms with E-state index in [9.17, 15) is 9.18 Å². The van der Waals surface area contributed by atoms with Crippen LogP contribution in [0.4, 0.5) is 4.39 Å². The predicted octanol–water partition coefficient (Wildman–Crippen LogP) is 3.52. The van der Waals surface area contributed by atoms with Gasteiger partial charge in [-0.2, -0.15) is 0 Å². The molecule has 0 spiro atoms. The molecule has 1 amide bonds. The average Bonchev–Trinajstić information content (AvgIpc) is 2.54. The highest BCUT2D eigenvalue weighted by atomic mass is 35.5. The van der Waals surface area contributed by atoms with Gasteiger partial charge in [0.15, 0.2) is 0 Å². The molecule has 130 valence electrons. The maximum absolute atomic E-state index is 13.0. The molecule has 3 nitrogen and oxygen atoms in total. The molecule has 1 unspecified atom stereocenters. The van der Waals surface area contributed by atoms with Crippen molar-refractivity contribution in [1.29, 1.82) is 0 Å². The van der Waals surface area contributed by atoms with Crippen molar-refractivity contribution in [2.75, 3.05) is 6.54 Å². The van der Waals surface area contributed by atoms with Crippen LogP contribution in [0.1, 0.15) is 31.9 Å². The van der Waals surface area contributed by atoms with Gasteiger partial charge in [0.2, 0.25) is 5.91 Å². The number of nitrogens with two attached hydrogens (primary N) is 1. The molecule has 0 fully saturated rings. The van der Waals surface area contributed by atoms with Crippen LogP contribution in [0.2, 0.25) is 0 Å². The van der Waals surface area contributed by atoms with Gasteiger partial charge in [-0.15, -0.1) is 12.4 Å². The number of carbonyl (C=O) groups excluding carboxylic acids is 1. The van der Waals surface area contributed by atoms with Crippen LogP contribution in [0.5, 0.6) is 0 Å². The van der Waals surface area contributed by atoms with Crippen LogP contribution < -0.4 is 11.1 Å². The number of amides is 1. The SMILES string of the molecule is CC(C)(CNC(=O)C(C)(N)c1ccccc1)c1ccc(F)cc1.Cl. The van der Waals surface area contributed by atoms with Gasteiger partial charge in [-0.25, -0.2) is 4.39 Å². The fraction of sp³-hybridized carbons (Fsp3) is 0.316. The molecule has 24 heavy (non-hydrogen) atoms. The van der Waals surface area contributed by atoms with Gasteiger partial charge in [0.25, 0.3) is 0 Å². The Kier molecular flexibility index (Phi) is 6.52. The van der Waals surface area contributed by atoms with Crippen LogP contribution in [0.25, 0.3) is 0 Å². The first-order valence-electron chi connectivity index (χ1n) is 7.62. The van der Waals surface area contributed by atoms with E-state index in [0.717, 1.165) is 11.1 Å². The Labute approximate surface area is 148 Å². The number of hydrogen-bond donors (Lipinski definition) is 2. The number of benzene rings is 2. The van der Waals surface area contributed by atoms with Crippen molar-refractivity contribution in [2.45, 2.75) is 31.7 Å². The smallest absolute Gasteiger partial charge is 0.244 e. The topological polar surface area (TPSA) is 55.1 Å². The van der Waals surface area contributed by atoms with Crippen LogP contribution in [-0.4, -0.2) is 12.5 Å². The fourth-order valence-corrected chi connectivity index (χ4v) is 2.40. The Morgan fingerprint density at radius 3 is 2.08 bits per heavy atom. The Balaban J connectivity index is 0.00000288. The largest absolute Gasteiger partial charge is 0.353 e. The zero-order valence-corrected chi connectivity index (χ0v) is 15.0. The van der Waals surface area contributed by atoms with Crippen LogP contribution in [0, 0.1) is 5.82 Å². The summed E-state index contributed by atoms with van der Waals surface area (Å²) in [5.41, 5.74) is 6.50. The Bertz CT molecular complexity index is 670. The first-order chi connectivity index (χ1) is 10.7. The van der Waals surface area contributed by atoms with E-state index in [2.05, 4.69) is 5.32 Å². The second-order valence-electron chi connectivity index (χ2n) is 6.64. The number of halogens is 2. The second kappa shape index (κ2) is 7.77. The van der Waals surface area contributed by atoms with E-state index in [1.807, 2.05) is 44.2 Å². The molecular weight excluding hydrogens is 327 g/mol. The van der Waals surface area contributed by atoms with E-state index in [1.165, 1.54) is 12.1 Å². The summed E-state index contributed by atoms with van der Waals surface area (Å²) in [4.78, 5) is 12.5. The lowest BCUT2D eigenvalue weighted by Gasteiger charge is -2.29. The minimum absolute atomic E-state index is 0. The van der Waals surface area contributed by atoms with Crippen molar-refractivity contribution in [1.82, 2.24) is 5.32 Å². The van der Waals surface area contributed by atoms with E-state index in [1.54, 1.807) is 19.1 Å². The molecule has 2 aromatic carbocycles. The Hall–Kier alpha value is -1.91. The lowest BCUT2D eigenvalue weighted by Crippen LogP contribution is -2.51. The molecule has 2 rings (SSSR count). The number of nitrogens with one attached hydrogen (secondary N) is 1. The highest BCUT2D eigenvalue weighted by molar-refractivity contribution is 5.87. The minimum atomic E-state index is -1.10. The number of carbonyl (C=O) groups is 1. The van der Waals surface area contributed by atoms with E-state index < -0.39 is 5.54 Å². The summed E-state index contributed by atoms with van der Waals surface area (Å²) in [6, 6.07) is 15.6. The van der Waals surface area contributed by atoms with E-state index >= 15 is 0 Å². The third-order valence-corrected chi connectivity index (χ3v) is 4.16. The fourth-order valence-electron chi connectivity index (χ4n) is 2.40. The summed E-state index contributed by atoms with van der Waals surface area (Å²) < 4.78 is 13.0. The summed E-state index contributed by atoms with van der Waals surface area (Å²) in [5.74, 6) is -0.508. The lowest BCUT2D eigenvalue weighted by molar-refractivity contribution is -0.126. The van der Waals surface area contributed by atoms with Gasteiger partial charge in [-0.1, -0.05) is 56.3 Å². The van der Waals surface area contributed by atoms with Gasteiger partial charge >= 0.3 is 0 Å². The van der Waals surface area contributed by atoms with Crippen LogP contribution in [-0.2, 0) is 15.7 Å². The molecule has 0 saturated carbocycles. The molecule has 2 aromatic rings. The molecule has 0 bridgehead atoms. The van der Waals surface area contributed by atoms with Crippen LogP contribution in [0.3, 0.4) is 0 Å². The normalized spacial score (nSPS) is 13.5. The molecule has 0 aliphatic carbocycles. The van der Waals surface area contributed by atoms with Crippen LogP contribution in [0.15, 0.2) is 54.6 Å². The molecular formula is C19H24ClFN2O. The molecule has 5 heteroatoms. The predicted molar refractivity (Wildman–Crippen MR) is 97.7 cm³/mol. The molecule has 1 atom stereocenters. The summed E-state index contributed by atoms with van der Waals surface area (Å²) in [6.45, 7) is 6.10. The van der Waals surface area contributed by atoms with E-state index in [0.29, 0.717) is 6.54 Å². The quantitative estimate of drug-likeness (QED) is 0.866. The summed E-state index contributed by atoms with van der Waals surface area (Å²) in [6.07, 6.45) is 0. The maximum Gasteiger partial charge on any atom is 0.244 e. The van der Waals surface area contributed by atoms with E-state index in [4.69, 9.17) is 5.73 Å². The zero-order chi connectivity index (χ0) is 17.1. The molecule has 3 N–H and O–H groups in total. The van der Waals surface area contributed by atoms with Gasteiger partial charge in [-0.05, 0) is 30.2 Å². The molecule has 0 aliphatic rings. The Morgan fingerprint density at radius 2 is 1.54 bits per heavy atom. The summed E-state index contributed by atoms with van der Waals surface area (Å²) in [7, 11) is 0.